The van der Waals surface area contributed by atoms with Gasteiger partial charge in [-0.1, -0.05) is 35.4 Å². The summed E-state index contributed by atoms with van der Waals surface area (Å²) in [7, 11) is 1.61. The van der Waals surface area contributed by atoms with Crippen LogP contribution >= 0.6 is 0 Å². The number of hydrogen-bond acceptors (Lipinski definition) is 5. The Kier molecular flexibility index (Phi) is 3.33. The highest BCUT2D eigenvalue weighted by atomic mass is 16.5. The molecule has 1 heterocycles. The van der Waals surface area contributed by atoms with E-state index >= 15 is 0 Å². The van der Waals surface area contributed by atoms with Crippen molar-refractivity contribution in [3.8, 4) is 17.2 Å². The highest BCUT2D eigenvalue weighted by Crippen LogP contribution is 2.29. The average molecular weight is 267 g/mol. The molecule has 0 unspecified atom stereocenters. The van der Waals surface area contributed by atoms with Crippen LogP contribution in [0.15, 0.2) is 59.0 Å². The fourth-order valence-corrected chi connectivity index (χ4v) is 1.85. The molecule has 1 N–H and O–H groups in total. The maximum atomic E-state index is 5.60. The van der Waals surface area contributed by atoms with E-state index in [1.165, 1.54) is 0 Å². The Hall–Kier alpha value is -2.82. The van der Waals surface area contributed by atoms with Crippen molar-refractivity contribution in [1.82, 2.24) is 10.2 Å². The second kappa shape index (κ2) is 5.44. The lowest BCUT2D eigenvalue weighted by Crippen LogP contribution is -1.88. The maximum absolute atomic E-state index is 5.60. The van der Waals surface area contributed by atoms with E-state index in [2.05, 4.69) is 15.5 Å². The molecule has 0 atom stereocenters. The monoisotopic (exact) mass is 267 g/mol. The standard InChI is InChI=1S/C15H13N3O2/c1-19-13-10-6-5-9-12(13)14-17-18-15(20-14)16-11-7-3-2-4-8-11/h2-10H,1H3,(H,16,18). The third-order valence-corrected chi connectivity index (χ3v) is 2.79. The smallest absolute Gasteiger partial charge is 0.320 e. The van der Waals surface area contributed by atoms with Crippen LogP contribution in [-0.2, 0) is 0 Å². The summed E-state index contributed by atoms with van der Waals surface area (Å²) in [5.41, 5.74) is 1.66. The van der Waals surface area contributed by atoms with Crippen LogP contribution in [0.4, 0.5) is 11.7 Å². The molecule has 2 aromatic carbocycles. The molecule has 0 aliphatic heterocycles. The van der Waals surface area contributed by atoms with E-state index in [9.17, 15) is 0 Å². The van der Waals surface area contributed by atoms with Gasteiger partial charge in [-0.2, -0.15) is 0 Å². The Morgan fingerprint density at radius 1 is 0.950 bits per heavy atom. The summed E-state index contributed by atoms with van der Waals surface area (Å²) in [6.45, 7) is 0. The Morgan fingerprint density at radius 2 is 1.70 bits per heavy atom. The van der Waals surface area contributed by atoms with Crippen LogP contribution in [-0.4, -0.2) is 17.3 Å². The second-order valence-electron chi connectivity index (χ2n) is 4.10. The molecule has 1 aromatic heterocycles. The first-order chi connectivity index (χ1) is 9.86. The zero-order chi connectivity index (χ0) is 13.8. The molecule has 100 valence electrons. The maximum Gasteiger partial charge on any atom is 0.320 e. The van der Waals surface area contributed by atoms with Crippen molar-refractivity contribution in [3.05, 3.63) is 54.6 Å². The predicted octanol–water partition coefficient (Wildman–Crippen LogP) is 3.49. The van der Waals surface area contributed by atoms with Crippen LogP contribution in [0.2, 0.25) is 0 Å². The van der Waals surface area contributed by atoms with Crippen LogP contribution in [0.5, 0.6) is 5.75 Å². The number of nitrogens with one attached hydrogen (secondary N) is 1. The molecule has 0 spiro atoms. The van der Waals surface area contributed by atoms with E-state index in [4.69, 9.17) is 9.15 Å². The SMILES string of the molecule is COc1ccccc1-c1nnc(Nc2ccccc2)o1. The fourth-order valence-electron chi connectivity index (χ4n) is 1.85. The molecule has 0 aliphatic carbocycles. The summed E-state index contributed by atoms with van der Waals surface area (Å²) >= 11 is 0. The lowest BCUT2D eigenvalue weighted by Gasteiger charge is -2.03. The quantitative estimate of drug-likeness (QED) is 0.784. The van der Waals surface area contributed by atoms with Gasteiger partial charge in [0.15, 0.2) is 0 Å². The number of anilines is 2. The largest absolute Gasteiger partial charge is 0.496 e. The van der Waals surface area contributed by atoms with Crippen molar-refractivity contribution in [3.63, 3.8) is 0 Å². The summed E-state index contributed by atoms with van der Waals surface area (Å²) in [5, 5.41) is 11.1. The minimum atomic E-state index is 0.345. The normalized spacial score (nSPS) is 10.2. The number of benzene rings is 2. The van der Waals surface area contributed by atoms with Gasteiger partial charge in [0.1, 0.15) is 5.75 Å². The van der Waals surface area contributed by atoms with Crippen molar-refractivity contribution >= 4 is 11.7 Å². The van der Waals surface area contributed by atoms with Crippen molar-refractivity contribution < 1.29 is 9.15 Å². The number of hydrogen-bond donors (Lipinski definition) is 1. The molecule has 5 heteroatoms. The lowest BCUT2D eigenvalue weighted by molar-refractivity contribution is 0.414. The second-order valence-corrected chi connectivity index (χ2v) is 4.10. The first-order valence-corrected chi connectivity index (χ1v) is 6.16. The van der Waals surface area contributed by atoms with Crippen molar-refractivity contribution in [2.45, 2.75) is 0 Å². The minimum Gasteiger partial charge on any atom is -0.496 e. The number of nitrogens with zero attached hydrogens (tertiary/aromatic N) is 2. The minimum absolute atomic E-state index is 0.345. The van der Waals surface area contributed by atoms with Crippen LogP contribution in [0.3, 0.4) is 0 Å². The molecular weight excluding hydrogens is 254 g/mol. The van der Waals surface area contributed by atoms with Gasteiger partial charge in [0.05, 0.1) is 12.7 Å². The highest BCUT2D eigenvalue weighted by molar-refractivity contribution is 5.63. The number of aromatic nitrogens is 2. The molecule has 3 aromatic rings. The third kappa shape index (κ3) is 2.47. The number of ether oxygens (including phenoxy) is 1. The predicted molar refractivity (Wildman–Crippen MR) is 76.0 cm³/mol. The van der Waals surface area contributed by atoms with Gasteiger partial charge < -0.3 is 14.5 Å². The van der Waals surface area contributed by atoms with Gasteiger partial charge in [0, 0.05) is 5.69 Å². The third-order valence-electron chi connectivity index (χ3n) is 2.79. The summed E-state index contributed by atoms with van der Waals surface area (Å²) in [5.74, 6) is 1.11. The first kappa shape index (κ1) is 12.2. The van der Waals surface area contributed by atoms with Crippen LogP contribution < -0.4 is 10.1 Å². The van der Waals surface area contributed by atoms with Crippen LogP contribution in [0, 0.1) is 0 Å². The number of para-hydroxylation sites is 2. The summed E-state index contributed by atoms with van der Waals surface area (Å²) in [4.78, 5) is 0. The van der Waals surface area contributed by atoms with Gasteiger partial charge in [-0.3, -0.25) is 0 Å². The Balaban J connectivity index is 1.87. The molecule has 0 radical (unpaired) electrons. The zero-order valence-corrected chi connectivity index (χ0v) is 10.9. The van der Waals surface area contributed by atoms with E-state index < -0.39 is 0 Å². The molecule has 20 heavy (non-hydrogen) atoms. The average Bonchev–Trinajstić information content (AvgIpc) is 2.96. The summed E-state index contributed by atoms with van der Waals surface area (Å²) in [6.07, 6.45) is 0. The molecule has 0 fully saturated rings. The van der Waals surface area contributed by atoms with Gasteiger partial charge in [-0.05, 0) is 24.3 Å². The van der Waals surface area contributed by atoms with E-state index in [0.717, 1.165) is 11.3 Å². The van der Waals surface area contributed by atoms with E-state index in [1.54, 1.807) is 7.11 Å². The highest BCUT2D eigenvalue weighted by Gasteiger charge is 2.12. The molecule has 0 bridgehead atoms. The number of methoxy groups -OCH3 is 1. The van der Waals surface area contributed by atoms with E-state index in [1.807, 2.05) is 54.6 Å². The molecule has 3 rings (SSSR count). The van der Waals surface area contributed by atoms with Crippen LogP contribution in [0.1, 0.15) is 0 Å². The Morgan fingerprint density at radius 3 is 2.50 bits per heavy atom. The molecule has 0 saturated heterocycles. The fraction of sp³-hybridized carbons (Fsp3) is 0.0667. The Labute approximate surface area is 116 Å². The molecule has 0 saturated carbocycles. The van der Waals surface area contributed by atoms with Crippen molar-refractivity contribution in [1.29, 1.82) is 0 Å². The number of rotatable bonds is 4. The molecule has 5 nitrogen and oxygen atoms in total. The van der Waals surface area contributed by atoms with Crippen molar-refractivity contribution in [2.24, 2.45) is 0 Å². The van der Waals surface area contributed by atoms with Crippen LogP contribution in [0.25, 0.3) is 11.5 Å². The summed E-state index contributed by atoms with van der Waals surface area (Å²) < 4.78 is 10.9. The molecule has 0 aliphatic rings. The van der Waals surface area contributed by atoms with E-state index in [-0.39, 0.29) is 0 Å². The first-order valence-electron chi connectivity index (χ1n) is 6.16. The van der Waals surface area contributed by atoms with Crippen molar-refractivity contribution in [2.75, 3.05) is 12.4 Å². The lowest BCUT2D eigenvalue weighted by atomic mass is 10.2. The van der Waals surface area contributed by atoms with Gasteiger partial charge >= 0.3 is 6.01 Å². The summed E-state index contributed by atoms with van der Waals surface area (Å²) in [6, 6.07) is 17.5. The Bertz CT molecular complexity index is 695. The molecule has 0 amide bonds. The van der Waals surface area contributed by atoms with Gasteiger partial charge in [0.2, 0.25) is 0 Å². The van der Waals surface area contributed by atoms with Gasteiger partial charge in [-0.15, -0.1) is 5.10 Å². The molecular formula is C15H13N3O2. The topological polar surface area (TPSA) is 60.2 Å². The van der Waals surface area contributed by atoms with Gasteiger partial charge in [0.25, 0.3) is 5.89 Å². The van der Waals surface area contributed by atoms with E-state index in [0.29, 0.717) is 17.7 Å². The van der Waals surface area contributed by atoms with Gasteiger partial charge in [-0.25, -0.2) is 0 Å². The zero-order valence-electron chi connectivity index (χ0n) is 10.9.